The fourth-order valence-corrected chi connectivity index (χ4v) is 2.27. The number of hydrogen-bond acceptors (Lipinski definition) is 2. The SMILES string of the molecule is CCc1cnccc1C(O)Cc1cccc(C(F)(F)F)c1. The first-order valence-electron chi connectivity index (χ1n) is 6.68. The Labute approximate surface area is 121 Å². The van der Waals surface area contributed by atoms with E-state index in [0.717, 1.165) is 17.7 Å². The molecule has 1 N–H and O–H groups in total. The third-order valence-electron chi connectivity index (χ3n) is 3.36. The molecule has 112 valence electrons. The first kappa shape index (κ1) is 15.5. The van der Waals surface area contributed by atoms with Gasteiger partial charge in [0.15, 0.2) is 0 Å². The lowest BCUT2D eigenvalue weighted by Gasteiger charge is -2.15. The Hall–Kier alpha value is -1.88. The highest BCUT2D eigenvalue weighted by Crippen LogP contribution is 2.30. The molecule has 0 radical (unpaired) electrons. The van der Waals surface area contributed by atoms with Gasteiger partial charge in [0.25, 0.3) is 0 Å². The fourth-order valence-electron chi connectivity index (χ4n) is 2.27. The molecule has 0 aliphatic rings. The van der Waals surface area contributed by atoms with Crippen molar-refractivity contribution in [3.05, 3.63) is 65.0 Å². The van der Waals surface area contributed by atoms with E-state index in [2.05, 4.69) is 4.98 Å². The predicted molar refractivity (Wildman–Crippen MR) is 73.7 cm³/mol. The van der Waals surface area contributed by atoms with Gasteiger partial charge in [0.05, 0.1) is 11.7 Å². The van der Waals surface area contributed by atoms with Crippen molar-refractivity contribution in [1.82, 2.24) is 4.98 Å². The fraction of sp³-hybridized carbons (Fsp3) is 0.312. The van der Waals surface area contributed by atoms with Crippen molar-refractivity contribution < 1.29 is 18.3 Å². The van der Waals surface area contributed by atoms with Crippen LogP contribution in [-0.4, -0.2) is 10.1 Å². The summed E-state index contributed by atoms with van der Waals surface area (Å²) in [6, 6.07) is 6.76. The predicted octanol–water partition coefficient (Wildman–Crippen LogP) is 3.94. The molecule has 5 heteroatoms. The van der Waals surface area contributed by atoms with Gasteiger partial charge in [-0.05, 0) is 35.2 Å². The number of benzene rings is 1. The lowest BCUT2D eigenvalue weighted by Crippen LogP contribution is -2.08. The number of pyridine rings is 1. The van der Waals surface area contributed by atoms with Gasteiger partial charge in [0, 0.05) is 18.8 Å². The second-order valence-electron chi connectivity index (χ2n) is 4.85. The maximum Gasteiger partial charge on any atom is 0.416 e. The zero-order chi connectivity index (χ0) is 15.5. The van der Waals surface area contributed by atoms with E-state index in [-0.39, 0.29) is 6.42 Å². The van der Waals surface area contributed by atoms with Crippen LogP contribution in [0.4, 0.5) is 13.2 Å². The Kier molecular flexibility index (Phi) is 4.63. The van der Waals surface area contributed by atoms with Crippen LogP contribution in [0.5, 0.6) is 0 Å². The molecule has 0 aliphatic carbocycles. The molecule has 0 saturated heterocycles. The molecule has 0 spiro atoms. The van der Waals surface area contributed by atoms with E-state index in [0.29, 0.717) is 17.5 Å². The molecule has 2 rings (SSSR count). The van der Waals surface area contributed by atoms with Gasteiger partial charge >= 0.3 is 6.18 Å². The van der Waals surface area contributed by atoms with Crippen molar-refractivity contribution in [2.45, 2.75) is 32.0 Å². The Morgan fingerprint density at radius 2 is 2.00 bits per heavy atom. The van der Waals surface area contributed by atoms with E-state index in [4.69, 9.17) is 0 Å². The molecule has 0 bridgehead atoms. The highest BCUT2D eigenvalue weighted by Gasteiger charge is 2.30. The van der Waals surface area contributed by atoms with Crippen molar-refractivity contribution in [2.75, 3.05) is 0 Å². The van der Waals surface area contributed by atoms with Crippen molar-refractivity contribution in [2.24, 2.45) is 0 Å². The molecule has 2 aromatic rings. The Morgan fingerprint density at radius 3 is 2.67 bits per heavy atom. The maximum absolute atomic E-state index is 12.7. The Bertz CT molecular complexity index is 610. The molecule has 1 unspecified atom stereocenters. The molecule has 1 heterocycles. The van der Waals surface area contributed by atoms with E-state index >= 15 is 0 Å². The van der Waals surface area contributed by atoms with Crippen LogP contribution in [0.2, 0.25) is 0 Å². The largest absolute Gasteiger partial charge is 0.416 e. The van der Waals surface area contributed by atoms with Crippen molar-refractivity contribution in [3.8, 4) is 0 Å². The van der Waals surface area contributed by atoms with Gasteiger partial charge in [-0.25, -0.2) is 0 Å². The zero-order valence-corrected chi connectivity index (χ0v) is 11.6. The van der Waals surface area contributed by atoms with Gasteiger partial charge in [-0.1, -0.05) is 25.1 Å². The van der Waals surface area contributed by atoms with Gasteiger partial charge in [0.1, 0.15) is 0 Å². The lowest BCUT2D eigenvalue weighted by molar-refractivity contribution is -0.137. The summed E-state index contributed by atoms with van der Waals surface area (Å²) >= 11 is 0. The number of aliphatic hydroxyl groups is 1. The van der Waals surface area contributed by atoms with Crippen LogP contribution in [0.25, 0.3) is 0 Å². The standard InChI is InChI=1S/C16H16F3NO/c1-2-12-10-20-7-6-14(12)15(21)9-11-4-3-5-13(8-11)16(17,18)19/h3-8,10,15,21H,2,9H2,1H3. The van der Waals surface area contributed by atoms with Gasteiger partial charge in [-0.2, -0.15) is 13.2 Å². The number of alkyl halides is 3. The molecule has 0 amide bonds. The van der Waals surface area contributed by atoms with E-state index in [1.165, 1.54) is 6.07 Å². The lowest BCUT2D eigenvalue weighted by atomic mass is 9.96. The normalized spacial score (nSPS) is 13.2. The van der Waals surface area contributed by atoms with Crippen LogP contribution >= 0.6 is 0 Å². The first-order valence-corrected chi connectivity index (χ1v) is 6.68. The van der Waals surface area contributed by atoms with Crippen molar-refractivity contribution in [1.29, 1.82) is 0 Å². The minimum absolute atomic E-state index is 0.140. The van der Waals surface area contributed by atoms with Gasteiger partial charge in [-0.15, -0.1) is 0 Å². The zero-order valence-electron chi connectivity index (χ0n) is 11.6. The third-order valence-corrected chi connectivity index (χ3v) is 3.36. The van der Waals surface area contributed by atoms with Crippen molar-refractivity contribution >= 4 is 0 Å². The van der Waals surface area contributed by atoms with E-state index in [1.54, 1.807) is 24.5 Å². The summed E-state index contributed by atoms with van der Waals surface area (Å²) in [5.74, 6) is 0. The van der Waals surface area contributed by atoms with Gasteiger partial charge in [0.2, 0.25) is 0 Å². The molecular formula is C16H16F3NO. The topological polar surface area (TPSA) is 33.1 Å². The van der Waals surface area contributed by atoms with Crippen LogP contribution in [0.1, 0.15) is 35.3 Å². The highest BCUT2D eigenvalue weighted by atomic mass is 19.4. The van der Waals surface area contributed by atoms with Crippen LogP contribution < -0.4 is 0 Å². The smallest absolute Gasteiger partial charge is 0.388 e. The van der Waals surface area contributed by atoms with Gasteiger partial charge in [-0.3, -0.25) is 4.98 Å². The summed E-state index contributed by atoms with van der Waals surface area (Å²) < 4.78 is 38.0. The van der Waals surface area contributed by atoms with Crippen LogP contribution in [0, 0.1) is 0 Å². The minimum Gasteiger partial charge on any atom is -0.388 e. The first-order chi connectivity index (χ1) is 9.91. The molecule has 0 aliphatic heterocycles. The summed E-state index contributed by atoms with van der Waals surface area (Å²) in [4.78, 5) is 3.99. The summed E-state index contributed by atoms with van der Waals surface area (Å²) in [5.41, 5.74) is 1.37. The average molecular weight is 295 g/mol. The number of nitrogens with zero attached hydrogens (tertiary/aromatic N) is 1. The molecule has 1 atom stereocenters. The Morgan fingerprint density at radius 1 is 1.24 bits per heavy atom. The van der Waals surface area contributed by atoms with Crippen LogP contribution in [0.15, 0.2) is 42.7 Å². The monoisotopic (exact) mass is 295 g/mol. The van der Waals surface area contributed by atoms with E-state index in [1.807, 2.05) is 6.92 Å². The van der Waals surface area contributed by atoms with E-state index in [9.17, 15) is 18.3 Å². The summed E-state index contributed by atoms with van der Waals surface area (Å²) in [6.45, 7) is 1.94. The summed E-state index contributed by atoms with van der Waals surface area (Å²) in [7, 11) is 0. The van der Waals surface area contributed by atoms with E-state index < -0.39 is 17.8 Å². The van der Waals surface area contributed by atoms with Gasteiger partial charge < -0.3 is 5.11 Å². The number of halogens is 3. The second-order valence-corrected chi connectivity index (χ2v) is 4.85. The average Bonchev–Trinajstić information content (AvgIpc) is 2.46. The molecule has 0 fully saturated rings. The number of hydrogen-bond donors (Lipinski definition) is 1. The summed E-state index contributed by atoms with van der Waals surface area (Å²) in [5, 5.41) is 10.3. The quantitative estimate of drug-likeness (QED) is 0.926. The second kappa shape index (κ2) is 6.26. The molecule has 1 aromatic carbocycles. The number of aliphatic hydroxyl groups excluding tert-OH is 1. The maximum atomic E-state index is 12.7. The molecule has 21 heavy (non-hydrogen) atoms. The molecule has 1 aromatic heterocycles. The van der Waals surface area contributed by atoms with Crippen LogP contribution in [-0.2, 0) is 19.0 Å². The van der Waals surface area contributed by atoms with Crippen LogP contribution in [0.3, 0.4) is 0 Å². The molecular weight excluding hydrogens is 279 g/mol. The number of aryl methyl sites for hydroxylation is 1. The number of aromatic nitrogens is 1. The molecule has 2 nitrogen and oxygen atoms in total. The minimum atomic E-state index is -4.37. The number of rotatable bonds is 4. The molecule has 0 saturated carbocycles. The Balaban J connectivity index is 2.22. The summed E-state index contributed by atoms with van der Waals surface area (Å²) in [6.07, 6.45) is -1.11. The highest BCUT2D eigenvalue weighted by molar-refractivity contribution is 5.30. The third kappa shape index (κ3) is 3.82. The van der Waals surface area contributed by atoms with Crippen molar-refractivity contribution in [3.63, 3.8) is 0 Å².